The Balaban J connectivity index is 2.94. The van der Waals surface area contributed by atoms with Gasteiger partial charge < -0.3 is 20.9 Å². The molecule has 15 heavy (non-hydrogen) atoms. The molecule has 2 rings (SSSR count). The third-order valence-electron chi connectivity index (χ3n) is 2.23. The van der Waals surface area contributed by atoms with Crippen molar-refractivity contribution < 1.29 is 15.6 Å². The summed E-state index contributed by atoms with van der Waals surface area (Å²) in [4.78, 5) is 4.81. The van der Waals surface area contributed by atoms with Gasteiger partial charge in [0.25, 0.3) is 0 Å². The summed E-state index contributed by atoms with van der Waals surface area (Å²) in [6.07, 6.45) is 1.16. The number of fused-ring (bicyclic) bond motifs is 1. The van der Waals surface area contributed by atoms with E-state index >= 15 is 0 Å². The van der Waals surface area contributed by atoms with Crippen molar-refractivity contribution in [2.45, 2.75) is 0 Å². The summed E-state index contributed by atoms with van der Waals surface area (Å²) in [5.41, 5.74) is 1.17. The lowest BCUT2D eigenvalue weighted by Gasteiger charge is -2.00. The Hall–Kier alpha value is -2.25. The highest BCUT2D eigenvalue weighted by atomic mass is 16.6. The largest absolute Gasteiger partial charge is 0.426 e. The van der Waals surface area contributed by atoms with Crippen molar-refractivity contribution in [3.05, 3.63) is 11.7 Å². The highest BCUT2D eigenvalue weighted by molar-refractivity contribution is 5.73. The smallest absolute Gasteiger partial charge is 0.189 e. The maximum Gasteiger partial charge on any atom is 0.189 e. The number of rotatable bonds is 1. The number of aromatic nitrogens is 3. The molecule has 0 radical (unpaired) electrons. The van der Waals surface area contributed by atoms with Crippen LogP contribution in [-0.2, 0) is 0 Å². The van der Waals surface area contributed by atoms with Crippen LogP contribution in [0.15, 0.2) is 11.2 Å². The molecule has 2 heterocycles. The lowest BCUT2D eigenvalue weighted by Crippen LogP contribution is -2.17. The van der Waals surface area contributed by atoms with Gasteiger partial charge in [0.2, 0.25) is 0 Å². The van der Waals surface area contributed by atoms with Gasteiger partial charge in [0.15, 0.2) is 11.2 Å². The summed E-state index contributed by atoms with van der Waals surface area (Å²) >= 11 is 0. The van der Waals surface area contributed by atoms with Gasteiger partial charge in [-0.05, 0) is 0 Å². The number of nitrogens with one attached hydrogen (secondary N) is 1. The second-order valence-electron chi connectivity index (χ2n) is 2.96. The molecule has 4 N–H and O–H groups in total. The minimum atomic E-state index is 0.239. The minimum absolute atomic E-state index is 0.239. The summed E-state index contributed by atoms with van der Waals surface area (Å²) in [7, 11) is 3.13. The van der Waals surface area contributed by atoms with Gasteiger partial charge in [-0.3, -0.25) is 4.99 Å². The monoisotopic (exact) mass is 213 g/mol. The van der Waals surface area contributed by atoms with Crippen LogP contribution in [0, 0.1) is 0 Å². The predicted molar refractivity (Wildman–Crippen MR) is 49.6 cm³/mol. The quantitative estimate of drug-likeness (QED) is 0.479. The molecule has 0 aromatic carbocycles. The molecule has 2 aliphatic rings. The van der Waals surface area contributed by atoms with Crippen molar-refractivity contribution >= 4 is 5.69 Å². The Kier molecular flexibility index (Phi) is 1.78. The first-order chi connectivity index (χ1) is 7.11. The normalized spacial score (nSPS) is 12.5. The van der Waals surface area contributed by atoms with Crippen LogP contribution in [-0.4, -0.2) is 44.1 Å². The summed E-state index contributed by atoms with van der Waals surface area (Å²) in [6.45, 7) is 0. The van der Waals surface area contributed by atoms with E-state index in [1.54, 1.807) is 7.05 Å². The first kappa shape index (κ1) is 9.31. The van der Waals surface area contributed by atoms with Crippen LogP contribution in [0.3, 0.4) is 0 Å². The van der Waals surface area contributed by atoms with E-state index in [1.807, 2.05) is 0 Å². The minimum Gasteiger partial charge on any atom is -0.426 e. The van der Waals surface area contributed by atoms with Crippen molar-refractivity contribution in [3.63, 3.8) is 0 Å². The van der Waals surface area contributed by atoms with Gasteiger partial charge in [-0.2, -0.15) is 4.73 Å². The molecule has 0 bridgehead atoms. The Labute approximate surface area is 84.1 Å². The Morgan fingerprint density at radius 2 is 2.00 bits per heavy atom. The van der Waals surface area contributed by atoms with Crippen molar-refractivity contribution in [1.82, 2.24) is 14.4 Å². The second-order valence-corrected chi connectivity index (χ2v) is 2.96. The standard InChI is InChI=1S/C7H11N5O3/c1-8-5-6-4(3-10(13)12(6)15)11(14)7(5)9-2/h3,8,13-15H,1-2H3. The Morgan fingerprint density at radius 1 is 1.33 bits per heavy atom. The number of nitrogens with zero attached hydrogens (tertiary/aromatic N) is 4. The second kappa shape index (κ2) is 2.87. The molecule has 0 aromatic rings. The maximum absolute atomic E-state index is 9.67. The van der Waals surface area contributed by atoms with E-state index in [1.165, 1.54) is 7.05 Å². The highest BCUT2D eigenvalue weighted by Gasteiger charge is 2.25. The first-order valence-electron chi connectivity index (χ1n) is 4.19. The third-order valence-corrected chi connectivity index (χ3v) is 2.23. The fourth-order valence-electron chi connectivity index (χ4n) is 1.58. The van der Waals surface area contributed by atoms with Crippen molar-refractivity contribution in [2.75, 3.05) is 19.4 Å². The summed E-state index contributed by atoms with van der Waals surface area (Å²) in [6, 6.07) is 0. The van der Waals surface area contributed by atoms with Crippen LogP contribution in [0.4, 0.5) is 5.69 Å². The topological polar surface area (TPSA) is 99.9 Å². The van der Waals surface area contributed by atoms with E-state index in [0.29, 0.717) is 15.4 Å². The van der Waals surface area contributed by atoms with Crippen LogP contribution in [0.5, 0.6) is 0 Å². The first-order valence-corrected chi connectivity index (χ1v) is 4.19. The molecular formula is C7H11N5O3. The van der Waals surface area contributed by atoms with E-state index in [-0.39, 0.29) is 16.9 Å². The van der Waals surface area contributed by atoms with Gasteiger partial charge in [-0.1, -0.05) is 9.69 Å². The zero-order chi connectivity index (χ0) is 11.2. The average Bonchev–Trinajstić information content (AvgIpc) is 2.65. The summed E-state index contributed by atoms with van der Waals surface area (Å²) in [5, 5.41) is 31.1. The maximum atomic E-state index is 9.67. The van der Waals surface area contributed by atoms with Crippen molar-refractivity contribution in [3.8, 4) is 11.4 Å². The highest BCUT2D eigenvalue weighted by Crippen LogP contribution is 2.27. The fourth-order valence-corrected chi connectivity index (χ4v) is 1.58. The molecule has 0 aromatic heterocycles. The van der Waals surface area contributed by atoms with E-state index in [9.17, 15) is 15.6 Å². The van der Waals surface area contributed by atoms with Crippen molar-refractivity contribution in [1.29, 1.82) is 0 Å². The van der Waals surface area contributed by atoms with E-state index < -0.39 is 0 Å². The van der Waals surface area contributed by atoms with Gasteiger partial charge in [0, 0.05) is 14.1 Å². The molecule has 0 amide bonds. The number of hydrogen-bond acceptors (Lipinski definition) is 5. The molecule has 0 unspecified atom stereocenters. The Morgan fingerprint density at radius 3 is 2.53 bits per heavy atom. The van der Waals surface area contributed by atoms with E-state index in [4.69, 9.17) is 0 Å². The summed E-state index contributed by atoms with van der Waals surface area (Å²) < 4.78 is 0.778. The van der Waals surface area contributed by atoms with Crippen LogP contribution in [0.1, 0.15) is 0 Å². The molecule has 0 aliphatic carbocycles. The molecule has 0 saturated carbocycles. The van der Waals surface area contributed by atoms with Gasteiger partial charge in [0.05, 0.1) is 6.20 Å². The molecule has 0 atom stereocenters. The summed E-state index contributed by atoms with van der Waals surface area (Å²) in [5.74, 6) is 0. The Bertz CT molecular complexity index is 534. The molecule has 8 heteroatoms. The molecule has 2 aliphatic heterocycles. The van der Waals surface area contributed by atoms with E-state index in [0.717, 1.165) is 10.9 Å². The lowest BCUT2D eigenvalue weighted by molar-refractivity contribution is -0.00655. The van der Waals surface area contributed by atoms with E-state index in [2.05, 4.69) is 10.3 Å². The lowest BCUT2D eigenvalue weighted by atomic mass is 10.3. The zero-order valence-corrected chi connectivity index (χ0v) is 8.21. The molecule has 0 saturated heterocycles. The fraction of sp³-hybridized carbons (Fsp3) is 0.286. The molecule has 0 fully saturated rings. The van der Waals surface area contributed by atoms with Gasteiger partial charge >= 0.3 is 0 Å². The van der Waals surface area contributed by atoms with Gasteiger partial charge in [-0.25, -0.2) is 0 Å². The van der Waals surface area contributed by atoms with Crippen LogP contribution < -0.4 is 10.8 Å². The predicted octanol–water partition coefficient (Wildman–Crippen LogP) is -0.520. The van der Waals surface area contributed by atoms with Crippen LogP contribution in [0.2, 0.25) is 0 Å². The van der Waals surface area contributed by atoms with Crippen LogP contribution in [0.25, 0.3) is 11.4 Å². The zero-order valence-electron chi connectivity index (χ0n) is 8.21. The number of hydrogen-bond donors (Lipinski definition) is 4. The molecule has 8 nitrogen and oxygen atoms in total. The van der Waals surface area contributed by atoms with Crippen LogP contribution >= 0.6 is 0 Å². The SMILES string of the molecule is CN=c1c(NC)c2n(O)n(O)cc-2n1O. The van der Waals surface area contributed by atoms with Gasteiger partial charge in [0.1, 0.15) is 11.4 Å². The number of anilines is 1. The van der Waals surface area contributed by atoms with Gasteiger partial charge in [-0.15, -0.1) is 0 Å². The molecule has 0 spiro atoms. The van der Waals surface area contributed by atoms with Crippen molar-refractivity contribution in [2.24, 2.45) is 4.99 Å². The molecule has 82 valence electrons. The molecular weight excluding hydrogens is 202 g/mol. The third kappa shape index (κ3) is 0.981. The average molecular weight is 213 g/mol.